The number of fused-ring (bicyclic) bond motifs is 1. The van der Waals surface area contributed by atoms with Crippen LogP contribution >= 0.6 is 0 Å². The molecule has 2 heteroatoms. The van der Waals surface area contributed by atoms with E-state index in [0.29, 0.717) is 0 Å². The maximum absolute atomic E-state index is 3.59. The molecule has 0 aromatic rings. The molecular formula is C17H32N2. The Kier molecular flexibility index (Phi) is 4.19. The van der Waals surface area contributed by atoms with Gasteiger partial charge in [0.15, 0.2) is 0 Å². The van der Waals surface area contributed by atoms with Crippen LogP contribution in [0.15, 0.2) is 0 Å². The van der Waals surface area contributed by atoms with Crippen molar-refractivity contribution in [3.8, 4) is 0 Å². The topological polar surface area (TPSA) is 15.3 Å². The monoisotopic (exact) mass is 264 g/mol. The molecule has 5 atom stereocenters. The van der Waals surface area contributed by atoms with Gasteiger partial charge < -0.3 is 5.32 Å². The Hall–Kier alpha value is -0.0800. The molecule has 3 aliphatic rings. The Bertz CT molecular complexity index is 302. The average Bonchev–Trinajstić information content (AvgIpc) is 2.85. The lowest BCUT2D eigenvalue weighted by Crippen LogP contribution is -2.41. The van der Waals surface area contributed by atoms with Crippen molar-refractivity contribution in [1.29, 1.82) is 0 Å². The van der Waals surface area contributed by atoms with Gasteiger partial charge in [-0.2, -0.15) is 0 Å². The smallest absolute Gasteiger partial charge is 0.0114 e. The number of rotatable bonds is 2. The molecule has 3 rings (SSSR count). The molecule has 5 unspecified atom stereocenters. The van der Waals surface area contributed by atoms with Gasteiger partial charge in [0.25, 0.3) is 0 Å². The van der Waals surface area contributed by atoms with Gasteiger partial charge in [-0.1, -0.05) is 26.7 Å². The molecule has 19 heavy (non-hydrogen) atoms. The second kappa shape index (κ2) is 5.73. The van der Waals surface area contributed by atoms with E-state index in [4.69, 9.17) is 0 Å². The SMILES string of the molecule is CC(C)C1CCCC(N2CC3CNCC3C2C)CC1. The molecule has 0 amide bonds. The zero-order valence-corrected chi connectivity index (χ0v) is 13.1. The second-order valence-corrected chi connectivity index (χ2v) is 7.69. The summed E-state index contributed by atoms with van der Waals surface area (Å²) >= 11 is 0. The Morgan fingerprint density at radius 3 is 2.63 bits per heavy atom. The summed E-state index contributed by atoms with van der Waals surface area (Å²) in [4.78, 5) is 2.89. The summed E-state index contributed by atoms with van der Waals surface area (Å²) in [6, 6.07) is 1.71. The molecule has 1 saturated carbocycles. The van der Waals surface area contributed by atoms with Crippen molar-refractivity contribution in [2.75, 3.05) is 19.6 Å². The van der Waals surface area contributed by atoms with Gasteiger partial charge in [-0.3, -0.25) is 4.90 Å². The molecule has 2 aliphatic heterocycles. The van der Waals surface area contributed by atoms with E-state index in [0.717, 1.165) is 35.8 Å². The fourth-order valence-electron chi connectivity index (χ4n) is 4.99. The fraction of sp³-hybridized carbons (Fsp3) is 1.00. The zero-order valence-electron chi connectivity index (χ0n) is 13.1. The van der Waals surface area contributed by atoms with Gasteiger partial charge >= 0.3 is 0 Å². The third-order valence-electron chi connectivity index (χ3n) is 6.37. The molecule has 1 N–H and O–H groups in total. The van der Waals surface area contributed by atoms with Crippen LogP contribution in [-0.4, -0.2) is 36.6 Å². The maximum Gasteiger partial charge on any atom is 0.0114 e. The molecule has 1 aliphatic carbocycles. The number of nitrogens with one attached hydrogen (secondary N) is 1. The van der Waals surface area contributed by atoms with Crippen molar-refractivity contribution in [3.05, 3.63) is 0 Å². The summed E-state index contributed by atoms with van der Waals surface area (Å²) in [6.45, 7) is 11.2. The van der Waals surface area contributed by atoms with Crippen molar-refractivity contribution >= 4 is 0 Å². The van der Waals surface area contributed by atoms with Crippen LogP contribution in [0.4, 0.5) is 0 Å². The molecule has 2 nitrogen and oxygen atoms in total. The predicted octanol–water partition coefficient (Wildman–Crippen LogP) is 3.13. The van der Waals surface area contributed by atoms with E-state index in [2.05, 4.69) is 31.0 Å². The number of likely N-dealkylation sites (tertiary alicyclic amines) is 1. The van der Waals surface area contributed by atoms with Gasteiger partial charge in [0.2, 0.25) is 0 Å². The average molecular weight is 264 g/mol. The van der Waals surface area contributed by atoms with E-state index in [-0.39, 0.29) is 0 Å². The first-order valence-electron chi connectivity index (χ1n) is 8.63. The normalized spacial score (nSPS) is 44.5. The van der Waals surface area contributed by atoms with E-state index in [1.165, 1.54) is 51.7 Å². The van der Waals surface area contributed by atoms with Gasteiger partial charge in [0.1, 0.15) is 0 Å². The molecule has 0 aromatic carbocycles. The van der Waals surface area contributed by atoms with Crippen LogP contribution in [-0.2, 0) is 0 Å². The fourth-order valence-corrected chi connectivity index (χ4v) is 4.99. The van der Waals surface area contributed by atoms with Gasteiger partial charge in [-0.05, 0) is 62.9 Å². The molecule has 0 bridgehead atoms. The van der Waals surface area contributed by atoms with Crippen LogP contribution in [0.25, 0.3) is 0 Å². The second-order valence-electron chi connectivity index (χ2n) is 7.69. The van der Waals surface area contributed by atoms with E-state index >= 15 is 0 Å². The zero-order chi connectivity index (χ0) is 13.4. The van der Waals surface area contributed by atoms with Crippen LogP contribution in [0.2, 0.25) is 0 Å². The third-order valence-corrected chi connectivity index (χ3v) is 6.37. The predicted molar refractivity (Wildman–Crippen MR) is 81.2 cm³/mol. The van der Waals surface area contributed by atoms with E-state index in [1.807, 2.05) is 0 Å². The Labute approximate surface area is 119 Å². The van der Waals surface area contributed by atoms with Gasteiger partial charge in [0, 0.05) is 18.6 Å². The molecule has 3 fully saturated rings. The standard InChI is InChI=1S/C17H32N2/c1-12(2)14-5-4-6-16(8-7-14)19-11-15-9-18-10-17(15)13(19)3/h12-18H,4-11H2,1-3H3. The van der Waals surface area contributed by atoms with E-state index < -0.39 is 0 Å². The summed E-state index contributed by atoms with van der Waals surface area (Å²) in [5.74, 6) is 3.76. The molecular weight excluding hydrogens is 232 g/mol. The van der Waals surface area contributed by atoms with Gasteiger partial charge in [0.05, 0.1) is 0 Å². The van der Waals surface area contributed by atoms with Crippen molar-refractivity contribution in [1.82, 2.24) is 10.2 Å². The first-order chi connectivity index (χ1) is 9.16. The number of hydrogen-bond donors (Lipinski definition) is 1. The third kappa shape index (κ3) is 2.71. The highest BCUT2D eigenvalue weighted by molar-refractivity contribution is 4.99. The van der Waals surface area contributed by atoms with Crippen LogP contribution < -0.4 is 5.32 Å². The van der Waals surface area contributed by atoms with Crippen LogP contribution in [0.5, 0.6) is 0 Å². The molecule has 0 radical (unpaired) electrons. The minimum Gasteiger partial charge on any atom is -0.316 e. The number of nitrogens with zero attached hydrogens (tertiary/aromatic N) is 1. The minimum absolute atomic E-state index is 0.820. The summed E-state index contributed by atoms with van der Waals surface area (Å²) in [6.07, 6.45) is 7.33. The lowest BCUT2D eigenvalue weighted by Gasteiger charge is -2.32. The first kappa shape index (κ1) is 13.9. The maximum atomic E-state index is 3.59. The molecule has 2 heterocycles. The first-order valence-corrected chi connectivity index (χ1v) is 8.63. The van der Waals surface area contributed by atoms with Crippen LogP contribution in [0, 0.1) is 23.7 Å². The van der Waals surface area contributed by atoms with Crippen molar-refractivity contribution < 1.29 is 0 Å². The number of hydrogen-bond acceptors (Lipinski definition) is 2. The van der Waals surface area contributed by atoms with Crippen LogP contribution in [0.1, 0.15) is 52.9 Å². The Morgan fingerprint density at radius 2 is 1.89 bits per heavy atom. The van der Waals surface area contributed by atoms with Gasteiger partial charge in [-0.15, -0.1) is 0 Å². The lowest BCUT2D eigenvalue weighted by atomic mass is 9.89. The lowest BCUT2D eigenvalue weighted by molar-refractivity contribution is 0.153. The quantitative estimate of drug-likeness (QED) is 0.771. The van der Waals surface area contributed by atoms with E-state index in [9.17, 15) is 0 Å². The highest BCUT2D eigenvalue weighted by Gasteiger charge is 2.44. The van der Waals surface area contributed by atoms with Crippen LogP contribution in [0.3, 0.4) is 0 Å². The summed E-state index contributed by atoms with van der Waals surface area (Å²) in [5.41, 5.74) is 0. The Balaban J connectivity index is 1.60. The molecule has 0 spiro atoms. The molecule has 2 saturated heterocycles. The van der Waals surface area contributed by atoms with Crippen molar-refractivity contribution in [2.24, 2.45) is 23.7 Å². The molecule has 110 valence electrons. The highest BCUT2D eigenvalue weighted by atomic mass is 15.2. The van der Waals surface area contributed by atoms with Gasteiger partial charge in [-0.25, -0.2) is 0 Å². The largest absolute Gasteiger partial charge is 0.316 e. The summed E-state index contributed by atoms with van der Waals surface area (Å²) in [7, 11) is 0. The minimum atomic E-state index is 0.820. The summed E-state index contributed by atoms with van der Waals surface area (Å²) in [5, 5.41) is 3.59. The van der Waals surface area contributed by atoms with Crippen molar-refractivity contribution in [3.63, 3.8) is 0 Å². The summed E-state index contributed by atoms with van der Waals surface area (Å²) < 4.78 is 0. The Morgan fingerprint density at radius 1 is 1.05 bits per heavy atom. The van der Waals surface area contributed by atoms with E-state index in [1.54, 1.807) is 0 Å². The highest BCUT2D eigenvalue weighted by Crippen LogP contribution is 2.38. The van der Waals surface area contributed by atoms with Crippen molar-refractivity contribution in [2.45, 2.75) is 65.0 Å². The molecule has 0 aromatic heterocycles.